The van der Waals surface area contributed by atoms with Gasteiger partial charge in [0.25, 0.3) is 0 Å². The molecule has 1 rings (SSSR count). The molecule has 0 spiro atoms. The van der Waals surface area contributed by atoms with Gasteiger partial charge in [0.05, 0.1) is 18.0 Å². The summed E-state index contributed by atoms with van der Waals surface area (Å²) >= 11 is 0. The molecule has 0 aliphatic heterocycles. The molecule has 0 aromatic heterocycles. The van der Waals surface area contributed by atoms with E-state index in [-0.39, 0.29) is 11.5 Å². The van der Waals surface area contributed by atoms with Crippen LogP contribution in [-0.4, -0.2) is 18.7 Å². The fourth-order valence-corrected chi connectivity index (χ4v) is 1.33. The van der Waals surface area contributed by atoms with Gasteiger partial charge in [0, 0.05) is 6.08 Å². The maximum atomic E-state index is 10.9. The summed E-state index contributed by atoms with van der Waals surface area (Å²) in [5.41, 5.74) is 0.874. The number of hydrogen-bond donors (Lipinski definition) is 1. The van der Waals surface area contributed by atoms with Crippen LogP contribution < -0.4 is 10.1 Å². The second kappa shape index (κ2) is 6.48. The molecule has 0 amide bonds. The molecule has 1 aromatic carbocycles. The van der Waals surface area contributed by atoms with Crippen LogP contribution in [0.2, 0.25) is 0 Å². The third-order valence-electron chi connectivity index (χ3n) is 1.95. The zero-order valence-corrected chi connectivity index (χ0v) is 9.90. The first-order chi connectivity index (χ1) is 8.17. The highest BCUT2D eigenvalue weighted by Crippen LogP contribution is 2.24. The van der Waals surface area contributed by atoms with Gasteiger partial charge in [-0.25, -0.2) is 0 Å². The summed E-state index contributed by atoms with van der Waals surface area (Å²) in [4.78, 5) is 21.7. The highest BCUT2D eigenvalue weighted by Gasteiger charge is 2.04. The molecule has 0 aliphatic carbocycles. The average molecular weight is 233 g/mol. The van der Waals surface area contributed by atoms with Crippen molar-refractivity contribution in [1.29, 1.82) is 0 Å². The second-order valence-corrected chi connectivity index (χ2v) is 3.38. The molecule has 0 bridgehead atoms. The number of ether oxygens (including phenoxy) is 1. The van der Waals surface area contributed by atoms with Gasteiger partial charge in [0.2, 0.25) is 0 Å². The minimum Gasteiger partial charge on any atom is -0.492 e. The number of para-hydroxylation sites is 2. The smallest absolute Gasteiger partial charge is 0.166 e. The SMILES string of the molecule is CCOc1ccccc1N/C(C=O)=C/C(C)=O. The van der Waals surface area contributed by atoms with Gasteiger partial charge in [-0.1, -0.05) is 12.1 Å². The van der Waals surface area contributed by atoms with E-state index in [1.54, 1.807) is 12.1 Å². The molecule has 0 atom stereocenters. The molecule has 0 saturated carbocycles. The van der Waals surface area contributed by atoms with E-state index in [0.29, 0.717) is 24.3 Å². The first-order valence-electron chi connectivity index (χ1n) is 5.33. The molecule has 1 N–H and O–H groups in total. The van der Waals surface area contributed by atoms with Gasteiger partial charge in [-0.05, 0) is 26.0 Å². The highest BCUT2D eigenvalue weighted by molar-refractivity contribution is 5.95. The average Bonchev–Trinajstić information content (AvgIpc) is 2.30. The Morgan fingerprint density at radius 2 is 2.12 bits per heavy atom. The van der Waals surface area contributed by atoms with Gasteiger partial charge in [-0.3, -0.25) is 9.59 Å². The Morgan fingerprint density at radius 3 is 2.71 bits per heavy atom. The maximum Gasteiger partial charge on any atom is 0.166 e. The Labute approximate surface area is 100 Å². The van der Waals surface area contributed by atoms with Crippen molar-refractivity contribution < 1.29 is 14.3 Å². The first-order valence-corrected chi connectivity index (χ1v) is 5.33. The fraction of sp³-hybridized carbons (Fsp3) is 0.231. The van der Waals surface area contributed by atoms with Crippen molar-refractivity contribution in [2.45, 2.75) is 13.8 Å². The van der Waals surface area contributed by atoms with Gasteiger partial charge in [-0.15, -0.1) is 0 Å². The number of carbonyl (C=O) groups excluding carboxylic acids is 2. The number of nitrogens with one attached hydrogen (secondary N) is 1. The second-order valence-electron chi connectivity index (χ2n) is 3.38. The summed E-state index contributed by atoms with van der Waals surface area (Å²) in [6, 6.07) is 7.23. The molecule has 17 heavy (non-hydrogen) atoms. The van der Waals surface area contributed by atoms with Gasteiger partial charge >= 0.3 is 0 Å². The first kappa shape index (κ1) is 13.0. The lowest BCUT2D eigenvalue weighted by Crippen LogP contribution is -2.05. The number of anilines is 1. The van der Waals surface area contributed by atoms with Gasteiger partial charge < -0.3 is 10.1 Å². The van der Waals surface area contributed by atoms with Crippen molar-refractivity contribution in [3.05, 3.63) is 36.0 Å². The van der Waals surface area contributed by atoms with Crippen LogP contribution in [0.4, 0.5) is 5.69 Å². The standard InChI is InChI=1S/C13H15NO3/c1-3-17-13-7-5-4-6-12(13)14-11(9-15)8-10(2)16/h4-9,14H,3H2,1-2H3/b11-8+. The van der Waals surface area contributed by atoms with Crippen molar-refractivity contribution in [2.24, 2.45) is 0 Å². The summed E-state index contributed by atoms with van der Waals surface area (Å²) in [6.45, 7) is 3.80. The van der Waals surface area contributed by atoms with Gasteiger partial charge in [0.1, 0.15) is 5.75 Å². The number of aldehydes is 1. The normalized spacial score (nSPS) is 10.8. The molecule has 0 fully saturated rings. The number of rotatable bonds is 6. The Hall–Kier alpha value is -2.10. The van der Waals surface area contributed by atoms with Crippen LogP contribution in [0.25, 0.3) is 0 Å². The number of ketones is 1. The third-order valence-corrected chi connectivity index (χ3v) is 1.95. The summed E-state index contributed by atoms with van der Waals surface area (Å²) in [5, 5.41) is 2.86. The van der Waals surface area contributed by atoms with Crippen molar-refractivity contribution in [2.75, 3.05) is 11.9 Å². The minimum absolute atomic E-state index is 0.187. The Balaban J connectivity index is 2.93. The molecule has 1 aromatic rings. The van der Waals surface area contributed by atoms with E-state index in [4.69, 9.17) is 4.74 Å². The monoisotopic (exact) mass is 233 g/mol. The summed E-state index contributed by atoms with van der Waals surface area (Å²) in [7, 11) is 0. The van der Waals surface area contributed by atoms with Crippen LogP contribution in [0.5, 0.6) is 5.75 Å². The third kappa shape index (κ3) is 4.10. The summed E-state index contributed by atoms with van der Waals surface area (Å²) in [6.07, 6.45) is 1.85. The predicted octanol–water partition coefficient (Wildman–Crippen LogP) is 2.17. The lowest BCUT2D eigenvalue weighted by Gasteiger charge is -2.11. The summed E-state index contributed by atoms with van der Waals surface area (Å²) in [5.74, 6) is 0.458. The van der Waals surface area contributed by atoms with Crippen molar-refractivity contribution in [1.82, 2.24) is 0 Å². The molecule has 0 saturated heterocycles. The van der Waals surface area contributed by atoms with Crippen LogP contribution >= 0.6 is 0 Å². The summed E-state index contributed by atoms with van der Waals surface area (Å²) < 4.78 is 5.40. The van der Waals surface area contributed by atoms with Crippen LogP contribution in [0, 0.1) is 0 Å². The maximum absolute atomic E-state index is 10.9. The lowest BCUT2D eigenvalue weighted by atomic mass is 10.2. The van der Waals surface area contributed by atoms with Crippen LogP contribution in [-0.2, 0) is 9.59 Å². The van der Waals surface area contributed by atoms with E-state index in [9.17, 15) is 9.59 Å². The molecule has 0 unspecified atom stereocenters. The Morgan fingerprint density at radius 1 is 1.41 bits per heavy atom. The topological polar surface area (TPSA) is 55.4 Å². The van der Waals surface area contributed by atoms with Crippen molar-refractivity contribution >= 4 is 17.8 Å². The molecule has 4 heteroatoms. The lowest BCUT2D eigenvalue weighted by molar-refractivity contribution is -0.113. The minimum atomic E-state index is -0.187. The fourth-order valence-electron chi connectivity index (χ4n) is 1.33. The van der Waals surface area contributed by atoms with E-state index in [1.165, 1.54) is 13.0 Å². The number of benzene rings is 1. The van der Waals surface area contributed by atoms with Crippen LogP contribution in [0.15, 0.2) is 36.0 Å². The van der Waals surface area contributed by atoms with Crippen LogP contribution in [0.1, 0.15) is 13.8 Å². The molecule has 0 heterocycles. The van der Waals surface area contributed by atoms with Gasteiger partial charge in [0.15, 0.2) is 12.1 Å². The Bertz CT molecular complexity index is 438. The molecule has 90 valence electrons. The van der Waals surface area contributed by atoms with Crippen molar-refractivity contribution in [3.8, 4) is 5.75 Å². The zero-order valence-electron chi connectivity index (χ0n) is 9.90. The highest BCUT2D eigenvalue weighted by atomic mass is 16.5. The number of carbonyl (C=O) groups is 2. The van der Waals surface area contributed by atoms with Crippen LogP contribution in [0.3, 0.4) is 0 Å². The van der Waals surface area contributed by atoms with E-state index in [1.807, 2.05) is 19.1 Å². The molecular formula is C13H15NO3. The number of hydrogen-bond acceptors (Lipinski definition) is 4. The molecule has 0 radical (unpaired) electrons. The molecule has 4 nitrogen and oxygen atoms in total. The quantitative estimate of drug-likeness (QED) is 0.604. The van der Waals surface area contributed by atoms with Gasteiger partial charge in [-0.2, -0.15) is 0 Å². The van der Waals surface area contributed by atoms with E-state index < -0.39 is 0 Å². The van der Waals surface area contributed by atoms with E-state index in [0.717, 1.165) is 0 Å². The molecule has 0 aliphatic rings. The van der Waals surface area contributed by atoms with E-state index in [2.05, 4.69) is 5.32 Å². The number of allylic oxidation sites excluding steroid dienone is 2. The van der Waals surface area contributed by atoms with E-state index >= 15 is 0 Å². The largest absolute Gasteiger partial charge is 0.492 e. The van der Waals surface area contributed by atoms with Crippen molar-refractivity contribution in [3.63, 3.8) is 0 Å². The molecular weight excluding hydrogens is 218 g/mol. The predicted molar refractivity (Wildman–Crippen MR) is 66.1 cm³/mol. The Kier molecular flexibility index (Phi) is 4.94. The zero-order chi connectivity index (χ0) is 12.7.